The van der Waals surface area contributed by atoms with E-state index in [1.807, 2.05) is 6.08 Å². The molecule has 0 aliphatic rings. The first kappa shape index (κ1) is 11.3. The maximum absolute atomic E-state index is 3.76. The largest absolute Gasteiger partial charge is 0.381 e. The van der Waals surface area contributed by atoms with Crippen LogP contribution in [0.2, 0.25) is 0 Å². The number of allylic oxidation sites excluding steroid dienone is 1. The van der Waals surface area contributed by atoms with Crippen molar-refractivity contribution in [2.45, 2.75) is 39.2 Å². The molecule has 1 aromatic heterocycles. The van der Waals surface area contributed by atoms with E-state index < -0.39 is 0 Å². The normalized spacial score (nSPS) is 12.4. The smallest absolute Gasteiger partial charge is 0.0480 e. The zero-order chi connectivity index (χ0) is 10.4. The first-order valence-electron chi connectivity index (χ1n) is 5.18. The number of nitrogens with one attached hydrogen (secondary N) is 1. The molecule has 1 nitrogen and oxygen atoms in total. The number of hydrogen-bond acceptors (Lipinski definition) is 2. The average Bonchev–Trinajstić information content (AvgIpc) is 2.59. The highest BCUT2D eigenvalue weighted by Crippen LogP contribution is 2.21. The summed E-state index contributed by atoms with van der Waals surface area (Å²) in [5.74, 6) is 0. The van der Waals surface area contributed by atoms with Crippen LogP contribution in [0.4, 0.5) is 5.69 Å². The van der Waals surface area contributed by atoms with Crippen LogP contribution >= 0.6 is 11.3 Å². The number of thiophene rings is 1. The molecule has 0 spiro atoms. The van der Waals surface area contributed by atoms with Crippen molar-refractivity contribution in [1.82, 2.24) is 0 Å². The van der Waals surface area contributed by atoms with E-state index in [1.165, 1.54) is 24.1 Å². The molecule has 1 rings (SSSR count). The molecule has 2 heteroatoms. The van der Waals surface area contributed by atoms with E-state index in [9.17, 15) is 0 Å². The van der Waals surface area contributed by atoms with Gasteiger partial charge in [-0.2, -0.15) is 0 Å². The Kier molecular flexibility index (Phi) is 4.74. The van der Waals surface area contributed by atoms with Gasteiger partial charge in [0.15, 0.2) is 0 Å². The predicted octanol–water partition coefficient (Wildman–Crippen LogP) is 4.21. The lowest BCUT2D eigenvalue weighted by Gasteiger charge is -2.17. The van der Waals surface area contributed by atoms with Gasteiger partial charge in [0.25, 0.3) is 0 Å². The SMILES string of the molecule is C=CCCC(CC)Nc1cscc1C. The van der Waals surface area contributed by atoms with Crippen LogP contribution in [0.5, 0.6) is 0 Å². The summed E-state index contributed by atoms with van der Waals surface area (Å²) in [6, 6.07) is 0.585. The lowest BCUT2D eigenvalue weighted by Crippen LogP contribution is -2.17. The monoisotopic (exact) mass is 209 g/mol. The van der Waals surface area contributed by atoms with Gasteiger partial charge in [0.05, 0.1) is 0 Å². The zero-order valence-electron chi connectivity index (χ0n) is 9.05. The van der Waals surface area contributed by atoms with Gasteiger partial charge in [-0.25, -0.2) is 0 Å². The standard InChI is InChI=1S/C12H19NS/c1-4-6-7-11(5-2)13-12-9-14-8-10(12)3/h4,8-9,11,13H,1,5-7H2,2-3H3. The molecule has 0 saturated carbocycles. The van der Waals surface area contributed by atoms with Gasteiger partial charge < -0.3 is 5.32 Å². The molecule has 0 aromatic carbocycles. The van der Waals surface area contributed by atoms with Crippen LogP contribution < -0.4 is 5.32 Å². The molecular weight excluding hydrogens is 190 g/mol. The lowest BCUT2D eigenvalue weighted by atomic mass is 10.1. The summed E-state index contributed by atoms with van der Waals surface area (Å²) in [4.78, 5) is 0. The molecule has 1 aromatic rings. The van der Waals surface area contributed by atoms with Crippen molar-refractivity contribution in [3.05, 3.63) is 29.0 Å². The number of anilines is 1. The van der Waals surface area contributed by atoms with Gasteiger partial charge in [-0.05, 0) is 37.1 Å². The minimum atomic E-state index is 0.585. The van der Waals surface area contributed by atoms with Crippen LogP contribution in [-0.2, 0) is 0 Å². The molecule has 0 bridgehead atoms. The summed E-state index contributed by atoms with van der Waals surface area (Å²) < 4.78 is 0. The van der Waals surface area contributed by atoms with Crippen LogP contribution in [0, 0.1) is 6.92 Å². The molecule has 1 unspecified atom stereocenters. The van der Waals surface area contributed by atoms with Crippen molar-refractivity contribution in [2.75, 3.05) is 5.32 Å². The Morgan fingerprint density at radius 1 is 1.57 bits per heavy atom. The minimum absolute atomic E-state index is 0.585. The molecule has 0 aliphatic heterocycles. The molecule has 78 valence electrons. The third kappa shape index (κ3) is 3.18. The molecule has 0 amide bonds. The highest BCUT2D eigenvalue weighted by molar-refractivity contribution is 7.08. The van der Waals surface area contributed by atoms with Crippen molar-refractivity contribution in [2.24, 2.45) is 0 Å². The van der Waals surface area contributed by atoms with Gasteiger partial charge in [-0.15, -0.1) is 17.9 Å². The maximum Gasteiger partial charge on any atom is 0.0480 e. The van der Waals surface area contributed by atoms with Crippen molar-refractivity contribution in [3.8, 4) is 0 Å². The van der Waals surface area contributed by atoms with E-state index in [1.54, 1.807) is 11.3 Å². The summed E-state index contributed by atoms with van der Waals surface area (Å²) in [5.41, 5.74) is 2.65. The number of hydrogen-bond donors (Lipinski definition) is 1. The summed E-state index contributed by atoms with van der Waals surface area (Å²) in [7, 11) is 0. The topological polar surface area (TPSA) is 12.0 Å². The van der Waals surface area contributed by atoms with Gasteiger partial charge in [-0.3, -0.25) is 0 Å². The Labute approximate surface area is 90.9 Å². The van der Waals surface area contributed by atoms with Crippen LogP contribution in [0.1, 0.15) is 31.7 Å². The number of rotatable bonds is 6. The average molecular weight is 209 g/mol. The molecule has 1 heterocycles. The second-order valence-corrected chi connectivity index (χ2v) is 4.33. The fraction of sp³-hybridized carbons (Fsp3) is 0.500. The Hall–Kier alpha value is -0.760. The van der Waals surface area contributed by atoms with E-state index in [4.69, 9.17) is 0 Å². The van der Waals surface area contributed by atoms with Gasteiger partial charge in [0.1, 0.15) is 0 Å². The van der Waals surface area contributed by atoms with Crippen molar-refractivity contribution in [1.29, 1.82) is 0 Å². The number of aryl methyl sites for hydroxylation is 1. The Morgan fingerprint density at radius 3 is 2.86 bits per heavy atom. The van der Waals surface area contributed by atoms with E-state index in [2.05, 4.69) is 36.5 Å². The van der Waals surface area contributed by atoms with Gasteiger partial charge in [-0.1, -0.05) is 13.0 Å². The van der Waals surface area contributed by atoms with Crippen molar-refractivity contribution < 1.29 is 0 Å². The summed E-state index contributed by atoms with van der Waals surface area (Å²) in [6.07, 6.45) is 5.43. The fourth-order valence-corrected chi connectivity index (χ4v) is 2.21. The Bertz CT molecular complexity index is 278. The van der Waals surface area contributed by atoms with Gasteiger partial charge >= 0.3 is 0 Å². The first-order chi connectivity index (χ1) is 6.77. The molecular formula is C12H19NS. The van der Waals surface area contributed by atoms with Gasteiger partial charge in [0.2, 0.25) is 0 Å². The third-order valence-electron chi connectivity index (χ3n) is 2.43. The van der Waals surface area contributed by atoms with E-state index in [0.717, 1.165) is 6.42 Å². The maximum atomic E-state index is 3.76. The summed E-state index contributed by atoms with van der Waals surface area (Å²) in [5, 5.41) is 7.94. The highest BCUT2D eigenvalue weighted by Gasteiger charge is 2.06. The molecule has 0 radical (unpaired) electrons. The molecule has 14 heavy (non-hydrogen) atoms. The Balaban J connectivity index is 2.48. The van der Waals surface area contributed by atoms with Crippen molar-refractivity contribution >= 4 is 17.0 Å². The summed E-state index contributed by atoms with van der Waals surface area (Å²) >= 11 is 1.76. The second-order valence-electron chi connectivity index (χ2n) is 3.58. The molecule has 0 fully saturated rings. The van der Waals surface area contributed by atoms with Gasteiger partial charge in [0, 0.05) is 17.1 Å². The second kappa shape index (κ2) is 5.86. The van der Waals surface area contributed by atoms with Crippen LogP contribution in [0.3, 0.4) is 0 Å². The third-order valence-corrected chi connectivity index (χ3v) is 3.29. The lowest BCUT2D eigenvalue weighted by molar-refractivity contribution is 0.641. The first-order valence-corrected chi connectivity index (χ1v) is 6.12. The molecule has 1 atom stereocenters. The van der Waals surface area contributed by atoms with Crippen LogP contribution in [0.15, 0.2) is 23.4 Å². The predicted molar refractivity (Wildman–Crippen MR) is 66.2 cm³/mol. The zero-order valence-corrected chi connectivity index (χ0v) is 9.86. The van der Waals surface area contributed by atoms with Crippen molar-refractivity contribution in [3.63, 3.8) is 0 Å². The summed E-state index contributed by atoms with van der Waals surface area (Å²) in [6.45, 7) is 8.13. The van der Waals surface area contributed by atoms with E-state index in [-0.39, 0.29) is 0 Å². The molecule has 0 aliphatic carbocycles. The quantitative estimate of drug-likeness (QED) is 0.692. The highest BCUT2D eigenvalue weighted by atomic mass is 32.1. The molecule has 1 N–H and O–H groups in total. The van der Waals surface area contributed by atoms with Crippen LogP contribution in [-0.4, -0.2) is 6.04 Å². The molecule has 0 saturated heterocycles. The van der Waals surface area contributed by atoms with E-state index in [0.29, 0.717) is 6.04 Å². The fourth-order valence-electron chi connectivity index (χ4n) is 1.43. The van der Waals surface area contributed by atoms with Crippen LogP contribution in [0.25, 0.3) is 0 Å². The Morgan fingerprint density at radius 2 is 2.36 bits per heavy atom. The van der Waals surface area contributed by atoms with E-state index >= 15 is 0 Å². The minimum Gasteiger partial charge on any atom is -0.381 e.